The van der Waals surface area contributed by atoms with Gasteiger partial charge >= 0.3 is 0 Å². The lowest BCUT2D eigenvalue weighted by molar-refractivity contribution is 0.356. The van der Waals surface area contributed by atoms with Crippen LogP contribution < -0.4 is 0 Å². The Morgan fingerprint density at radius 1 is 0.829 bits per heavy atom. The maximum atomic E-state index is 6.61. The fraction of sp³-hybridized carbons (Fsp3) is 0.303. The van der Waals surface area contributed by atoms with Crippen molar-refractivity contribution in [3.63, 3.8) is 0 Å². The Kier molecular flexibility index (Phi) is 5.68. The van der Waals surface area contributed by atoms with Crippen LogP contribution in [0, 0.1) is 26.7 Å². The summed E-state index contributed by atoms with van der Waals surface area (Å²) < 4.78 is 6.61. The highest BCUT2D eigenvalue weighted by Crippen LogP contribution is 2.40. The third-order valence-electron chi connectivity index (χ3n) is 7.95. The SMILES string of the molecule is Cc1cccc(C)c1-c1ccc2c(c1)oc1c(-c3cc(CC4CCCCC4)ccn3)ccc(C)c12. The van der Waals surface area contributed by atoms with Gasteiger partial charge in [0.15, 0.2) is 0 Å². The van der Waals surface area contributed by atoms with Gasteiger partial charge in [0.1, 0.15) is 11.2 Å². The van der Waals surface area contributed by atoms with Gasteiger partial charge in [-0.3, -0.25) is 4.98 Å². The molecule has 2 nitrogen and oxygen atoms in total. The molecule has 3 aromatic carbocycles. The van der Waals surface area contributed by atoms with Crippen LogP contribution in [0.4, 0.5) is 0 Å². The van der Waals surface area contributed by atoms with Crippen LogP contribution in [0.2, 0.25) is 0 Å². The molecule has 6 rings (SSSR count). The first-order chi connectivity index (χ1) is 17.1. The predicted molar refractivity (Wildman–Crippen MR) is 147 cm³/mol. The minimum Gasteiger partial charge on any atom is -0.455 e. The number of furan rings is 1. The molecule has 2 heterocycles. The fourth-order valence-corrected chi connectivity index (χ4v) is 6.15. The van der Waals surface area contributed by atoms with Gasteiger partial charge < -0.3 is 4.42 Å². The van der Waals surface area contributed by atoms with E-state index in [0.717, 1.165) is 34.8 Å². The van der Waals surface area contributed by atoms with Crippen molar-refractivity contribution in [2.45, 2.75) is 59.3 Å². The zero-order chi connectivity index (χ0) is 23.9. The highest BCUT2D eigenvalue weighted by atomic mass is 16.3. The Hall–Kier alpha value is -3.39. The Morgan fingerprint density at radius 2 is 1.63 bits per heavy atom. The maximum absolute atomic E-state index is 6.61. The van der Waals surface area contributed by atoms with E-state index in [9.17, 15) is 0 Å². The zero-order valence-corrected chi connectivity index (χ0v) is 21.0. The van der Waals surface area contributed by atoms with Crippen molar-refractivity contribution in [1.29, 1.82) is 0 Å². The molecule has 35 heavy (non-hydrogen) atoms. The minimum absolute atomic E-state index is 0.812. The standard InChI is InChI=1S/C33H33NO/c1-21-8-7-9-22(2)31(21)26-13-15-28-30(20-26)35-33-27(14-12-23(3)32(28)33)29-19-25(16-17-34-29)18-24-10-5-4-6-11-24/h7-9,12-17,19-20,24H,4-6,10-11,18H2,1-3H3. The van der Waals surface area contributed by atoms with E-state index < -0.39 is 0 Å². The number of benzene rings is 3. The van der Waals surface area contributed by atoms with Crippen molar-refractivity contribution in [3.05, 3.63) is 89.1 Å². The second-order valence-electron chi connectivity index (χ2n) is 10.5. The van der Waals surface area contributed by atoms with E-state index in [1.54, 1.807) is 0 Å². The van der Waals surface area contributed by atoms with Gasteiger partial charge in [-0.05, 0) is 96.8 Å². The second-order valence-corrected chi connectivity index (χ2v) is 10.5. The number of aryl methyl sites for hydroxylation is 3. The van der Waals surface area contributed by atoms with Crippen LogP contribution in [-0.2, 0) is 6.42 Å². The summed E-state index contributed by atoms with van der Waals surface area (Å²) in [6.45, 7) is 6.53. The Morgan fingerprint density at radius 3 is 2.43 bits per heavy atom. The molecule has 1 saturated carbocycles. The van der Waals surface area contributed by atoms with Gasteiger partial charge in [-0.15, -0.1) is 0 Å². The monoisotopic (exact) mass is 459 g/mol. The molecule has 2 heteroatoms. The number of pyridine rings is 1. The van der Waals surface area contributed by atoms with Crippen LogP contribution in [-0.4, -0.2) is 4.98 Å². The Balaban J connectivity index is 1.45. The molecule has 0 spiro atoms. The smallest absolute Gasteiger partial charge is 0.145 e. The molecular weight excluding hydrogens is 426 g/mol. The molecule has 0 unspecified atom stereocenters. The van der Waals surface area contributed by atoms with Crippen molar-refractivity contribution in [2.75, 3.05) is 0 Å². The molecule has 0 saturated heterocycles. The van der Waals surface area contributed by atoms with Gasteiger partial charge in [0, 0.05) is 22.5 Å². The van der Waals surface area contributed by atoms with Crippen molar-refractivity contribution < 1.29 is 4.42 Å². The summed E-state index contributed by atoms with van der Waals surface area (Å²) in [6, 6.07) is 22.0. The van der Waals surface area contributed by atoms with Crippen LogP contribution in [0.5, 0.6) is 0 Å². The average Bonchev–Trinajstić information content (AvgIpc) is 3.25. The summed E-state index contributed by atoms with van der Waals surface area (Å²) in [7, 11) is 0. The normalized spacial score (nSPS) is 14.7. The van der Waals surface area contributed by atoms with Crippen molar-refractivity contribution in [1.82, 2.24) is 4.98 Å². The number of nitrogens with zero attached hydrogens (tertiary/aromatic N) is 1. The Bertz CT molecular complexity index is 1510. The second kappa shape index (κ2) is 9.00. The lowest BCUT2D eigenvalue weighted by Crippen LogP contribution is -2.09. The zero-order valence-electron chi connectivity index (χ0n) is 21.0. The van der Waals surface area contributed by atoms with Crippen LogP contribution in [0.25, 0.3) is 44.3 Å². The van der Waals surface area contributed by atoms with Crippen molar-refractivity contribution >= 4 is 21.9 Å². The third kappa shape index (κ3) is 4.05. The highest BCUT2D eigenvalue weighted by Gasteiger charge is 2.18. The molecular formula is C33H33NO. The van der Waals surface area contributed by atoms with E-state index in [1.807, 2.05) is 6.20 Å². The molecule has 0 bridgehead atoms. The predicted octanol–water partition coefficient (Wildman–Crippen LogP) is 9.36. The number of hydrogen-bond donors (Lipinski definition) is 0. The van der Waals surface area contributed by atoms with Crippen molar-refractivity contribution in [2.24, 2.45) is 5.92 Å². The van der Waals surface area contributed by atoms with Gasteiger partial charge in [0.25, 0.3) is 0 Å². The first-order valence-corrected chi connectivity index (χ1v) is 13.1. The number of fused-ring (bicyclic) bond motifs is 3. The highest BCUT2D eigenvalue weighted by molar-refractivity contribution is 6.11. The third-order valence-corrected chi connectivity index (χ3v) is 7.95. The van der Waals surface area contributed by atoms with Crippen LogP contribution in [0.3, 0.4) is 0 Å². The summed E-state index contributed by atoms with van der Waals surface area (Å²) >= 11 is 0. The van der Waals surface area contributed by atoms with Gasteiger partial charge in [-0.2, -0.15) is 0 Å². The fourth-order valence-electron chi connectivity index (χ4n) is 6.15. The number of rotatable bonds is 4. The summed E-state index contributed by atoms with van der Waals surface area (Å²) in [6.07, 6.45) is 10.0. The van der Waals surface area contributed by atoms with E-state index >= 15 is 0 Å². The van der Waals surface area contributed by atoms with Crippen LogP contribution in [0.15, 0.2) is 71.3 Å². The molecule has 176 valence electrons. The minimum atomic E-state index is 0.812. The number of aromatic nitrogens is 1. The van der Waals surface area contributed by atoms with E-state index in [1.165, 1.54) is 76.3 Å². The van der Waals surface area contributed by atoms with E-state index in [4.69, 9.17) is 9.40 Å². The van der Waals surface area contributed by atoms with E-state index in [-0.39, 0.29) is 0 Å². The summed E-state index contributed by atoms with van der Waals surface area (Å²) in [5.41, 5.74) is 11.7. The van der Waals surface area contributed by atoms with Gasteiger partial charge in [0.2, 0.25) is 0 Å². The molecule has 1 aliphatic carbocycles. The van der Waals surface area contributed by atoms with Gasteiger partial charge in [0.05, 0.1) is 5.69 Å². The lowest BCUT2D eigenvalue weighted by atomic mass is 9.85. The lowest BCUT2D eigenvalue weighted by Gasteiger charge is -2.21. The summed E-state index contributed by atoms with van der Waals surface area (Å²) in [4.78, 5) is 4.78. The molecule has 0 N–H and O–H groups in total. The molecule has 0 amide bonds. The van der Waals surface area contributed by atoms with Gasteiger partial charge in [-0.25, -0.2) is 0 Å². The molecule has 1 fully saturated rings. The van der Waals surface area contributed by atoms with Gasteiger partial charge in [-0.1, -0.05) is 62.4 Å². The first kappa shape index (κ1) is 22.1. The largest absolute Gasteiger partial charge is 0.455 e. The topological polar surface area (TPSA) is 26.0 Å². The van der Waals surface area contributed by atoms with Crippen molar-refractivity contribution in [3.8, 4) is 22.4 Å². The quantitative estimate of drug-likeness (QED) is 0.267. The summed E-state index contributed by atoms with van der Waals surface area (Å²) in [5, 5.41) is 2.37. The van der Waals surface area contributed by atoms with E-state index in [0.29, 0.717) is 0 Å². The average molecular weight is 460 g/mol. The summed E-state index contributed by atoms with van der Waals surface area (Å²) in [5.74, 6) is 0.812. The molecule has 2 aromatic heterocycles. The molecule has 0 aliphatic heterocycles. The maximum Gasteiger partial charge on any atom is 0.145 e. The number of hydrogen-bond acceptors (Lipinski definition) is 2. The Labute approximate surface area is 208 Å². The molecule has 0 radical (unpaired) electrons. The molecule has 0 atom stereocenters. The first-order valence-electron chi connectivity index (χ1n) is 13.1. The van der Waals surface area contributed by atoms with Crippen LogP contribution in [0.1, 0.15) is 54.4 Å². The van der Waals surface area contributed by atoms with E-state index in [2.05, 4.69) is 81.4 Å². The molecule has 5 aromatic rings. The molecule has 1 aliphatic rings. The van der Waals surface area contributed by atoms with Crippen LogP contribution >= 0.6 is 0 Å².